The van der Waals surface area contributed by atoms with Gasteiger partial charge in [0.15, 0.2) is 0 Å². The minimum Gasteiger partial charge on any atom is -0.338 e. The van der Waals surface area contributed by atoms with Crippen LogP contribution in [-0.2, 0) is 0 Å². The van der Waals surface area contributed by atoms with Gasteiger partial charge in [0.2, 0.25) is 0 Å². The van der Waals surface area contributed by atoms with Crippen LogP contribution in [0.4, 0.5) is 25.0 Å². The Hall–Kier alpha value is -3.45. The van der Waals surface area contributed by atoms with Gasteiger partial charge in [-0.15, -0.1) is 0 Å². The van der Waals surface area contributed by atoms with Crippen molar-refractivity contribution in [2.45, 2.75) is 6.42 Å². The van der Waals surface area contributed by atoms with Gasteiger partial charge < -0.3 is 15.5 Å². The Kier molecular flexibility index (Phi) is 7.56. The van der Waals surface area contributed by atoms with Gasteiger partial charge in [-0.3, -0.25) is 4.79 Å². The molecule has 2 N–H and O–H groups in total. The van der Waals surface area contributed by atoms with E-state index in [0.29, 0.717) is 34.9 Å². The van der Waals surface area contributed by atoms with E-state index >= 15 is 0 Å². The van der Waals surface area contributed by atoms with Crippen LogP contribution in [0.5, 0.6) is 0 Å². The molecule has 3 rings (SSSR count). The molecule has 0 aliphatic heterocycles. The Morgan fingerprint density at radius 2 is 1.55 bits per heavy atom. The first-order valence-electron chi connectivity index (χ1n) is 9.56. The van der Waals surface area contributed by atoms with Crippen LogP contribution >= 0.6 is 11.6 Å². The number of hydrogen-bond donors (Lipinski definition) is 2. The van der Waals surface area contributed by atoms with E-state index < -0.39 is 17.7 Å². The summed E-state index contributed by atoms with van der Waals surface area (Å²) in [5, 5.41) is 5.89. The molecule has 0 saturated carbocycles. The van der Waals surface area contributed by atoms with Crippen LogP contribution in [-0.4, -0.2) is 25.0 Å². The number of halogens is 3. The third-order valence-corrected chi connectivity index (χ3v) is 4.64. The van der Waals surface area contributed by atoms with Crippen molar-refractivity contribution in [1.29, 1.82) is 0 Å². The van der Waals surface area contributed by atoms with Gasteiger partial charge in [0.25, 0.3) is 5.91 Å². The minimum atomic E-state index is -0.445. The smallest absolute Gasteiger partial charge is 0.319 e. The number of carbonyl (C=O) groups excluding carboxylic acids is 2. The highest BCUT2D eigenvalue weighted by molar-refractivity contribution is 6.30. The predicted octanol–water partition coefficient (Wildman–Crippen LogP) is 5.48. The zero-order chi connectivity index (χ0) is 22.2. The number of benzene rings is 3. The van der Waals surface area contributed by atoms with Gasteiger partial charge in [0.1, 0.15) is 11.6 Å². The highest BCUT2D eigenvalue weighted by Crippen LogP contribution is 2.19. The molecule has 0 aliphatic rings. The van der Waals surface area contributed by atoms with Crippen molar-refractivity contribution in [2.75, 3.05) is 23.3 Å². The number of rotatable bonds is 7. The quantitative estimate of drug-likeness (QED) is 0.475. The maximum Gasteiger partial charge on any atom is 0.319 e. The van der Waals surface area contributed by atoms with Crippen LogP contribution in [0.25, 0.3) is 0 Å². The molecule has 3 aromatic carbocycles. The van der Waals surface area contributed by atoms with Crippen LogP contribution < -0.4 is 15.5 Å². The Morgan fingerprint density at radius 3 is 2.19 bits per heavy atom. The van der Waals surface area contributed by atoms with Gasteiger partial charge in [-0.25, -0.2) is 13.6 Å². The Morgan fingerprint density at radius 1 is 0.903 bits per heavy atom. The first-order chi connectivity index (χ1) is 14.9. The second-order valence-electron chi connectivity index (χ2n) is 6.68. The van der Waals surface area contributed by atoms with Gasteiger partial charge in [-0.1, -0.05) is 17.7 Å². The summed E-state index contributed by atoms with van der Waals surface area (Å²) in [5.74, 6) is -1.22. The van der Waals surface area contributed by atoms with E-state index in [9.17, 15) is 18.4 Å². The minimum absolute atomic E-state index is 0.263. The molecule has 0 spiro atoms. The molecule has 3 aromatic rings. The van der Waals surface area contributed by atoms with E-state index in [4.69, 9.17) is 11.6 Å². The summed E-state index contributed by atoms with van der Waals surface area (Å²) in [4.78, 5) is 26.4. The van der Waals surface area contributed by atoms with Crippen molar-refractivity contribution in [3.63, 3.8) is 0 Å². The number of anilines is 2. The molecular formula is C23H20ClF2N3O2. The summed E-state index contributed by atoms with van der Waals surface area (Å²) < 4.78 is 26.5. The van der Waals surface area contributed by atoms with Gasteiger partial charge in [-0.05, 0) is 73.2 Å². The number of urea groups is 1. The Bertz CT molecular complexity index is 1040. The fourth-order valence-electron chi connectivity index (χ4n) is 2.90. The molecule has 0 aliphatic carbocycles. The maximum absolute atomic E-state index is 13.3. The Balaban J connectivity index is 1.60. The van der Waals surface area contributed by atoms with Gasteiger partial charge in [0, 0.05) is 35.1 Å². The van der Waals surface area contributed by atoms with E-state index in [1.54, 1.807) is 24.3 Å². The van der Waals surface area contributed by atoms with Gasteiger partial charge >= 0.3 is 6.03 Å². The van der Waals surface area contributed by atoms with E-state index in [-0.39, 0.29) is 12.5 Å². The molecule has 0 unspecified atom stereocenters. The molecule has 0 bridgehead atoms. The molecular weight excluding hydrogens is 424 g/mol. The molecule has 31 heavy (non-hydrogen) atoms. The van der Waals surface area contributed by atoms with Gasteiger partial charge in [-0.2, -0.15) is 0 Å². The summed E-state index contributed by atoms with van der Waals surface area (Å²) in [6.07, 6.45) is 0.438. The fourth-order valence-corrected chi connectivity index (χ4v) is 3.09. The van der Waals surface area contributed by atoms with E-state index in [2.05, 4.69) is 10.6 Å². The second-order valence-corrected chi connectivity index (χ2v) is 7.12. The third-order valence-electron chi connectivity index (χ3n) is 4.40. The van der Waals surface area contributed by atoms with Crippen molar-refractivity contribution in [3.05, 3.63) is 95.0 Å². The van der Waals surface area contributed by atoms with E-state index in [0.717, 1.165) is 0 Å². The van der Waals surface area contributed by atoms with Crippen molar-refractivity contribution >= 4 is 34.9 Å². The summed E-state index contributed by atoms with van der Waals surface area (Å²) in [7, 11) is 0. The lowest BCUT2D eigenvalue weighted by molar-refractivity contribution is 0.0986. The molecule has 0 aromatic heterocycles. The van der Waals surface area contributed by atoms with Crippen molar-refractivity contribution in [1.82, 2.24) is 5.32 Å². The zero-order valence-corrected chi connectivity index (χ0v) is 17.2. The molecule has 0 heterocycles. The number of nitrogens with zero attached hydrogens (tertiary/aromatic N) is 1. The first kappa shape index (κ1) is 22.2. The highest BCUT2D eigenvalue weighted by atomic mass is 35.5. The summed E-state index contributed by atoms with van der Waals surface area (Å²) in [6.45, 7) is 0.556. The van der Waals surface area contributed by atoms with E-state index in [1.807, 2.05) is 0 Å². The average molecular weight is 444 g/mol. The zero-order valence-electron chi connectivity index (χ0n) is 16.4. The van der Waals surface area contributed by atoms with Crippen molar-refractivity contribution in [3.8, 4) is 0 Å². The number of carbonyl (C=O) groups is 2. The lowest BCUT2D eigenvalue weighted by Crippen LogP contribution is -2.35. The lowest BCUT2D eigenvalue weighted by Gasteiger charge is -2.23. The topological polar surface area (TPSA) is 61.4 Å². The van der Waals surface area contributed by atoms with Crippen LogP contribution in [0.15, 0.2) is 72.8 Å². The number of amides is 3. The maximum atomic E-state index is 13.3. The fraction of sp³-hybridized carbons (Fsp3) is 0.130. The largest absolute Gasteiger partial charge is 0.338 e. The monoisotopic (exact) mass is 443 g/mol. The van der Waals surface area contributed by atoms with Crippen molar-refractivity contribution < 1.29 is 18.4 Å². The summed E-state index contributed by atoms with van der Waals surface area (Å²) >= 11 is 5.89. The number of hydrogen-bond acceptors (Lipinski definition) is 2. The molecule has 0 atom stereocenters. The highest BCUT2D eigenvalue weighted by Gasteiger charge is 2.18. The van der Waals surface area contributed by atoms with Crippen LogP contribution in [0.1, 0.15) is 16.8 Å². The summed E-state index contributed by atoms with van der Waals surface area (Å²) in [6, 6.07) is 17.1. The first-order valence-corrected chi connectivity index (χ1v) is 9.93. The molecule has 160 valence electrons. The van der Waals surface area contributed by atoms with Crippen LogP contribution in [0, 0.1) is 11.6 Å². The normalized spacial score (nSPS) is 10.4. The van der Waals surface area contributed by atoms with Crippen LogP contribution in [0.2, 0.25) is 5.02 Å². The third kappa shape index (κ3) is 6.52. The predicted molar refractivity (Wildman–Crippen MR) is 118 cm³/mol. The molecule has 8 heteroatoms. The molecule has 0 saturated heterocycles. The molecule has 0 radical (unpaired) electrons. The molecule has 5 nitrogen and oxygen atoms in total. The standard InChI is InChI=1S/C23H20ClF2N3O2/c24-17-3-1-4-20(15-17)28-23(31)27-13-2-14-29(21-11-9-19(26)10-12-21)22(30)16-5-7-18(25)8-6-16/h1,3-12,15H,2,13-14H2,(H2,27,28,31). The number of nitrogens with one attached hydrogen (secondary N) is 2. The average Bonchev–Trinajstić information content (AvgIpc) is 2.75. The molecule has 3 amide bonds. The SMILES string of the molecule is O=C(NCCCN(C(=O)c1ccc(F)cc1)c1ccc(F)cc1)Nc1cccc(Cl)c1. The Labute approximate surface area is 183 Å². The van der Waals surface area contributed by atoms with E-state index in [1.165, 1.54) is 53.4 Å². The van der Waals surface area contributed by atoms with Gasteiger partial charge in [0.05, 0.1) is 0 Å². The summed E-state index contributed by atoms with van der Waals surface area (Å²) in [5.41, 5.74) is 1.36. The molecule has 0 fully saturated rings. The van der Waals surface area contributed by atoms with Crippen LogP contribution in [0.3, 0.4) is 0 Å². The second kappa shape index (κ2) is 10.5. The lowest BCUT2D eigenvalue weighted by atomic mass is 10.1. The van der Waals surface area contributed by atoms with Crippen molar-refractivity contribution in [2.24, 2.45) is 0 Å².